The van der Waals surface area contributed by atoms with E-state index in [1.54, 1.807) is 6.07 Å². The van der Waals surface area contributed by atoms with E-state index in [-0.39, 0.29) is 20.5 Å². The van der Waals surface area contributed by atoms with E-state index in [2.05, 4.69) is 0 Å². The highest BCUT2D eigenvalue weighted by molar-refractivity contribution is 7.91. The average molecular weight is 394 g/mol. The fourth-order valence-corrected chi connectivity index (χ4v) is 4.25. The molecule has 3 aromatic rings. The first-order valence-electron chi connectivity index (χ1n) is 7.26. The number of rotatable bonds is 4. The topological polar surface area (TPSA) is 104 Å². The lowest BCUT2D eigenvalue weighted by atomic mass is 10.2. The van der Waals surface area contributed by atoms with Gasteiger partial charge in [0.25, 0.3) is 5.69 Å². The summed E-state index contributed by atoms with van der Waals surface area (Å²) in [5, 5.41) is 11.5. The number of aryl methyl sites for hydroxylation is 1. The Bertz CT molecular complexity index is 1180. The van der Waals surface area contributed by atoms with Crippen LogP contribution in [-0.4, -0.2) is 22.5 Å². The Labute approximate surface area is 153 Å². The minimum Gasteiger partial charge on any atom is -0.302 e. The number of nitro groups is 1. The fraction of sp³-hybridized carbons (Fsp3) is 0.0625. The highest BCUT2D eigenvalue weighted by atomic mass is 35.5. The van der Waals surface area contributed by atoms with Gasteiger partial charge in [0.2, 0.25) is 9.84 Å². The van der Waals surface area contributed by atoms with Gasteiger partial charge in [-0.05, 0) is 24.3 Å². The Hall–Kier alpha value is -2.91. The van der Waals surface area contributed by atoms with Gasteiger partial charge in [-0.25, -0.2) is 13.2 Å². The van der Waals surface area contributed by atoms with Crippen molar-refractivity contribution >= 4 is 27.1 Å². The van der Waals surface area contributed by atoms with Crippen molar-refractivity contribution in [1.29, 1.82) is 0 Å². The second-order valence-corrected chi connectivity index (χ2v) is 7.73. The molecule has 0 unspecified atom stereocenters. The highest BCUT2D eigenvalue weighted by Crippen LogP contribution is 2.31. The van der Waals surface area contributed by atoms with Crippen LogP contribution in [0.1, 0.15) is 0 Å². The first-order valence-corrected chi connectivity index (χ1v) is 9.12. The third-order valence-electron chi connectivity index (χ3n) is 3.79. The van der Waals surface area contributed by atoms with Gasteiger partial charge >= 0.3 is 5.69 Å². The molecular weight excluding hydrogens is 382 g/mol. The van der Waals surface area contributed by atoms with Crippen LogP contribution < -0.4 is 5.69 Å². The van der Waals surface area contributed by atoms with Crippen molar-refractivity contribution in [3.63, 3.8) is 0 Å². The van der Waals surface area contributed by atoms with Gasteiger partial charge < -0.3 is 4.57 Å². The van der Waals surface area contributed by atoms with E-state index in [0.29, 0.717) is 0 Å². The van der Waals surface area contributed by atoms with E-state index in [9.17, 15) is 23.3 Å². The summed E-state index contributed by atoms with van der Waals surface area (Å²) in [6, 6.07) is 9.18. The van der Waals surface area contributed by atoms with Crippen LogP contribution >= 0.6 is 11.6 Å². The number of benzene rings is 2. The SMILES string of the molecule is Cn1ccn(-c2ccc(S(=O)(=O)c3ccccc3Cl)cc2[N+](=O)[O-])c1=O. The number of hydrogen-bond acceptors (Lipinski definition) is 5. The maximum atomic E-state index is 12.8. The number of imidazole rings is 1. The molecule has 0 saturated carbocycles. The predicted octanol–water partition coefficient (Wildman–Crippen LogP) is 2.57. The smallest absolute Gasteiger partial charge is 0.302 e. The first-order chi connectivity index (χ1) is 12.2. The third-order valence-corrected chi connectivity index (χ3v) is 6.04. The molecule has 0 amide bonds. The van der Waals surface area contributed by atoms with Gasteiger partial charge in [0, 0.05) is 25.5 Å². The first kappa shape index (κ1) is 17.9. The molecule has 0 aliphatic carbocycles. The van der Waals surface area contributed by atoms with Gasteiger partial charge in [0.05, 0.1) is 19.7 Å². The van der Waals surface area contributed by atoms with Crippen molar-refractivity contribution in [2.75, 3.05) is 0 Å². The maximum absolute atomic E-state index is 12.8. The zero-order valence-corrected chi connectivity index (χ0v) is 14.9. The molecule has 134 valence electrons. The van der Waals surface area contributed by atoms with E-state index in [4.69, 9.17) is 11.6 Å². The van der Waals surface area contributed by atoms with Crippen LogP contribution in [0.2, 0.25) is 5.02 Å². The van der Waals surface area contributed by atoms with E-state index in [1.165, 1.54) is 54.3 Å². The molecule has 2 aromatic carbocycles. The van der Waals surface area contributed by atoms with Crippen LogP contribution in [0, 0.1) is 10.1 Å². The number of aromatic nitrogens is 2. The minimum absolute atomic E-state index is 0.0125. The zero-order valence-electron chi connectivity index (χ0n) is 13.4. The summed E-state index contributed by atoms with van der Waals surface area (Å²) < 4.78 is 27.9. The minimum atomic E-state index is -4.06. The molecule has 1 aromatic heterocycles. The van der Waals surface area contributed by atoms with Crippen molar-refractivity contribution in [3.8, 4) is 5.69 Å². The summed E-state index contributed by atoms with van der Waals surface area (Å²) >= 11 is 5.95. The molecule has 0 N–H and O–H groups in total. The monoisotopic (exact) mass is 393 g/mol. The molecule has 0 aliphatic rings. The predicted molar refractivity (Wildman–Crippen MR) is 94.6 cm³/mol. The lowest BCUT2D eigenvalue weighted by molar-refractivity contribution is -0.384. The van der Waals surface area contributed by atoms with Gasteiger partial charge in [-0.2, -0.15) is 0 Å². The second kappa shape index (κ2) is 6.43. The largest absolute Gasteiger partial charge is 0.332 e. The third kappa shape index (κ3) is 2.91. The molecule has 10 heteroatoms. The number of nitrogens with zero attached hydrogens (tertiary/aromatic N) is 3. The Balaban J connectivity index is 2.22. The van der Waals surface area contributed by atoms with Crippen LogP contribution in [0.15, 0.2) is 69.4 Å². The van der Waals surface area contributed by atoms with Crippen molar-refractivity contribution in [2.45, 2.75) is 9.79 Å². The Morgan fingerprint density at radius 2 is 1.81 bits per heavy atom. The summed E-state index contributed by atoms with van der Waals surface area (Å²) in [5.74, 6) is 0. The molecular formula is C16H12ClN3O5S. The Morgan fingerprint density at radius 3 is 2.38 bits per heavy atom. The number of sulfone groups is 1. The van der Waals surface area contributed by atoms with Crippen molar-refractivity contribution in [2.24, 2.45) is 7.05 Å². The molecule has 8 nitrogen and oxygen atoms in total. The molecule has 0 bridgehead atoms. The molecule has 0 atom stereocenters. The Morgan fingerprint density at radius 1 is 1.12 bits per heavy atom. The van der Waals surface area contributed by atoms with E-state index >= 15 is 0 Å². The summed E-state index contributed by atoms with van der Waals surface area (Å²) in [6.07, 6.45) is 2.81. The van der Waals surface area contributed by atoms with Gasteiger partial charge in [-0.15, -0.1) is 0 Å². The molecule has 26 heavy (non-hydrogen) atoms. The quantitative estimate of drug-likeness (QED) is 0.500. The van der Waals surface area contributed by atoms with Gasteiger partial charge in [-0.1, -0.05) is 23.7 Å². The lowest BCUT2D eigenvalue weighted by Gasteiger charge is -2.09. The number of nitro benzene ring substituents is 1. The van der Waals surface area contributed by atoms with Gasteiger partial charge in [0.15, 0.2) is 0 Å². The molecule has 0 aliphatic heterocycles. The Kier molecular flexibility index (Phi) is 4.43. The van der Waals surface area contributed by atoms with Gasteiger partial charge in [0.1, 0.15) is 5.69 Å². The molecule has 0 fully saturated rings. The van der Waals surface area contributed by atoms with Crippen LogP contribution in [-0.2, 0) is 16.9 Å². The molecule has 0 spiro atoms. The zero-order chi connectivity index (χ0) is 19.1. The van der Waals surface area contributed by atoms with E-state index in [1.807, 2.05) is 0 Å². The number of halogens is 1. The van der Waals surface area contributed by atoms with Crippen LogP contribution in [0.3, 0.4) is 0 Å². The lowest BCUT2D eigenvalue weighted by Crippen LogP contribution is -2.21. The summed E-state index contributed by atoms with van der Waals surface area (Å²) in [7, 11) is -2.56. The molecule has 3 rings (SSSR count). The summed E-state index contributed by atoms with van der Waals surface area (Å²) in [6.45, 7) is 0. The standard InChI is InChI=1S/C16H12ClN3O5S/c1-18-8-9-19(16(18)21)13-7-6-11(10-14(13)20(22)23)26(24,25)15-5-3-2-4-12(15)17/h2-10H,1H3. The summed E-state index contributed by atoms with van der Waals surface area (Å²) in [4.78, 5) is 22.3. The van der Waals surface area contributed by atoms with Crippen molar-refractivity contribution in [1.82, 2.24) is 9.13 Å². The van der Waals surface area contributed by atoms with E-state index < -0.39 is 26.1 Å². The number of hydrogen-bond donors (Lipinski definition) is 0. The second-order valence-electron chi connectivity index (χ2n) is 5.40. The van der Waals surface area contributed by atoms with Gasteiger partial charge in [-0.3, -0.25) is 14.7 Å². The van der Waals surface area contributed by atoms with Crippen molar-refractivity contribution in [3.05, 3.63) is 80.5 Å². The average Bonchev–Trinajstić information content (AvgIpc) is 2.93. The van der Waals surface area contributed by atoms with Crippen LogP contribution in [0.25, 0.3) is 5.69 Å². The molecule has 1 heterocycles. The maximum Gasteiger partial charge on any atom is 0.332 e. The van der Waals surface area contributed by atoms with E-state index in [0.717, 1.165) is 10.6 Å². The fourth-order valence-electron chi connectivity index (χ4n) is 2.46. The normalized spacial score (nSPS) is 11.5. The highest BCUT2D eigenvalue weighted by Gasteiger charge is 2.26. The summed E-state index contributed by atoms with van der Waals surface area (Å²) in [5.41, 5.74) is -1.03. The van der Waals surface area contributed by atoms with Crippen molar-refractivity contribution < 1.29 is 13.3 Å². The molecule has 0 saturated heterocycles. The van der Waals surface area contributed by atoms with Crippen LogP contribution in [0.5, 0.6) is 0 Å². The van der Waals surface area contributed by atoms with Crippen LogP contribution in [0.4, 0.5) is 5.69 Å². The molecule has 0 radical (unpaired) electrons.